The lowest BCUT2D eigenvalue weighted by molar-refractivity contribution is -0.384. The molecule has 0 aromatic heterocycles. The minimum absolute atomic E-state index is 0.0281. The Bertz CT molecular complexity index is 495. The quantitative estimate of drug-likeness (QED) is 0.644. The number of ether oxygens (including phenoxy) is 1. The summed E-state index contributed by atoms with van der Waals surface area (Å²) in [4.78, 5) is 10.3. The molecule has 2 unspecified atom stereocenters. The van der Waals surface area contributed by atoms with Crippen LogP contribution in [-0.2, 0) is 0 Å². The summed E-state index contributed by atoms with van der Waals surface area (Å²) in [6.45, 7) is 0. The standard InChI is InChI=1S/C12H16FN3O3/c1-19-12-6-10(11(16(17)18)5-7(12)13)15-9-4-2-3-8(9)14/h5-6,8-9,15H,2-4,14H2,1H3. The summed E-state index contributed by atoms with van der Waals surface area (Å²) in [5, 5.41) is 14.0. The zero-order valence-electron chi connectivity index (χ0n) is 10.6. The molecule has 7 heteroatoms. The highest BCUT2D eigenvalue weighted by Gasteiger charge is 2.27. The van der Waals surface area contributed by atoms with Gasteiger partial charge >= 0.3 is 0 Å². The minimum atomic E-state index is -0.754. The van der Waals surface area contributed by atoms with Crippen molar-refractivity contribution in [2.45, 2.75) is 31.3 Å². The highest BCUT2D eigenvalue weighted by atomic mass is 19.1. The number of benzene rings is 1. The lowest BCUT2D eigenvalue weighted by atomic mass is 10.1. The normalized spacial score (nSPS) is 22.3. The van der Waals surface area contributed by atoms with Gasteiger partial charge in [0.15, 0.2) is 11.6 Å². The summed E-state index contributed by atoms with van der Waals surface area (Å²) < 4.78 is 18.3. The summed E-state index contributed by atoms with van der Waals surface area (Å²) >= 11 is 0. The van der Waals surface area contributed by atoms with Crippen LogP contribution in [0.5, 0.6) is 5.75 Å². The van der Waals surface area contributed by atoms with Gasteiger partial charge < -0.3 is 15.8 Å². The molecule has 3 N–H and O–H groups in total. The van der Waals surface area contributed by atoms with Gasteiger partial charge in [-0.2, -0.15) is 0 Å². The van der Waals surface area contributed by atoms with Gasteiger partial charge in [0.05, 0.1) is 18.1 Å². The Hall–Kier alpha value is -1.89. The van der Waals surface area contributed by atoms with Crippen molar-refractivity contribution in [1.29, 1.82) is 0 Å². The Labute approximate surface area is 109 Å². The third-order valence-corrected chi connectivity index (χ3v) is 3.38. The molecule has 0 aliphatic heterocycles. The van der Waals surface area contributed by atoms with Crippen LogP contribution in [0.15, 0.2) is 12.1 Å². The predicted molar refractivity (Wildman–Crippen MR) is 68.8 cm³/mol. The molecule has 1 aliphatic carbocycles. The third-order valence-electron chi connectivity index (χ3n) is 3.38. The average molecular weight is 269 g/mol. The van der Waals surface area contributed by atoms with Gasteiger partial charge in [0.1, 0.15) is 5.69 Å². The van der Waals surface area contributed by atoms with Gasteiger partial charge in [0.25, 0.3) is 5.69 Å². The molecule has 0 saturated heterocycles. The highest BCUT2D eigenvalue weighted by molar-refractivity contribution is 5.65. The number of nitrogens with one attached hydrogen (secondary N) is 1. The number of nitro groups is 1. The number of hydrogen-bond donors (Lipinski definition) is 2. The van der Waals surface area contributed by atoms with Crippen LogP contribution in [0, 0.1) is 15.9 Å². The lowest BCUT2D eigenvalue weighted by Gasteiger charge is -2.19. The van der Waals surface area contributed by atoms with E-state index < -0.39 is 10.7 Å². The number of nitrogens with zero attached hydrogens (tertiary/aromatic N) is 1. The van der Waals surface area contributed by atoms with Gasteiger partial charge in [-0.1, -0.05) is 0 Å². The monoisotopic (exact) mass is 269 g/mol. The zero-order valence-corrected chi connectivity index (χ0v) is 10.6. The molecular weight excluding hydrogens is 253 g/mol. The summed E-state index contributed by atoms with van der Waals surface area (Å²) in [5.74, 6) is -0.782. The molecule has 1 aromatic rings. The van der Waals surface area contributed by atoms with Crippen LogP contribution in [0.25, 0.3) is 0 Å². The van der Waals surface area contributed by atoms with Crippen molar-refractivity contribution in [3.05, 3.63) is 28.1 Å². The molecule has 0 bridgehead atoms. The van der Waals surface area contributed by atoms with Crippen LogP contribution in [0.1, 0.15) is 19.3 Å². The number of anilines is 1. The van der Waals surface area contributed by atoms with E-state index in [1.54, 1.807) is 0 Å². The van der Waals surface area contributed by atoms with E-state index in [1.807, 2.05) is 0 Å². The van der Waals surface area contributed by atoms with E-state index >= 15 is 0 Å². The fourth-order valence-electron chi connectivity index (χ4n) is 2.33. The second-order valence-electron chi connectivity index (χ2n) is 4.61. The van der Waals surface area contributed by atoms with Crippen molar-refractivity contribution in [2.75, 3.05) is 12.4 Å². The average Bonchev–Trinajstić information content (AvgIpc) is 2.76. The molecule has 1 saturated carbocycles. The molecule has 1 aromatic carbocycles. The van der Waals surface area contributed by atoms with Crippen LogP contribution >= 0.6 is 0 Å². The van der Waals surface area contributed by atoms with Crippen molar-refractivity contribution >= 4 is 11.4 Å². The van der Waals surface area contributed by atoms with E-state index in [1.165, 1.54) is 13.2 Å². The molecule has 0 heterocycles. The molecule has 0 amide bonds. The van der Waals surface area contributed by atoms with Gasteiger partial charge in [0.2, 0.25) is 0 Å². The second kappa shape index (κ2) is 5.40. The topological polar surface area (TPSA) is 90.4 Å². The van der Waals surface area contributed by atoms with Crippen LogP contribution < -0.4 is 15.8 Å². The van der Waals surface area contributed by atoms with Crippen molar-refractivity contribution in [2.24, 2.45) is 5.73 Å². The second-order valence-corrected chi connectivity index (χ2v) is 4.61. The lowest BCUT2D eigenvalue weighted by Crippen LogP contribution is -2.35. The number of nitro benzene ring substituents is 1. The first-order chi connectivity index (χ1) is 9.02. The Kier molecular flexibility index (Phi) is 3.84. The number of rotatable bonds is 4. The van der Waals surface area contributed by atoms with Crippen LogP contribution in [-0.4, -0.2) is 24.1 Å². The predicted octanol–water partition coefficient (Wildman–Crippen LogP) is 2.03. The summed E-state index contributed by atoms with van der Waals surface area (Å²) in [5.41, 5.74) is 5.85. The Balaban J connectivity index is 2.33. The van der Waals surface area contributed by atoms with Gasteiger partial charge in [-0.25, -0.2) is 4.39 Å². The van der Waals surface area contributed by atoms with E-state index in [0.717, 1.165) is 25.3 Å². The Morgan fingerprint density at radius 3 is 2.79 bits per heavy atom. The van der Waals surface area contributed by atoms with E-state index in [9.17, 15) is 14.5 Å². The smallest absolute Gasteiger partial charge is 0.295 e. The van der Waals surface area contributed by atoms with Crippen LogP contribution in [0.3, 0.4) is 0 Å². The molecule has 2 rings (SSSR count). The number of halogens is 1. The molecular formula is C12H16FN3O3. The molecule has 6 nitrogen and oxygen atoms in total. The van der Waals surface area contributed by atoms with Gasteiger partial charge in [-0.15, -0.1) is 0 Å². The van der Waals surface area contributed by atoms with E-state index in [2.05, 4.69) is 5.32 Å². The third kappa shape index (κ3) is 2.76. The van der Waals surface area contributed by atoms with Crippen molar-refractivity contribution in [3.8, 4) is 5.75 Å². The maximum absolute atomic E-state index is 13.5. The van der Waals surface area contributed by atoms with Gasteiger partial charge in [-0.3, -0.25) is 10.1 Å². The Morgan fingerprint density at radius 1 is 1.53 bits per heavy atom. The SMILES string of the molecule is COc1cc(NC2CCCC2N)c([N+](=O)[O-])cc1F. The highest BCUT2D eigenvalue weighted by Crippen LogP contribution is 2.33. The van der Waals surface area contributed by atoms with Crippen LogP contribution in [0.4, 0.5) is 15.8 Å². The van der Waals surface area contributed by atoms with E-state index in [4.69, 9.17) is 10.5 Å². The first-order valence-electron chi connectivity index (χ1n) is 6.07. The fraction of sp³-hybridized carbons (Fsp3) is 0.500. The molecule has 1 aliphatic rings. The molecule has 0 radical (unpaired) electrons. The zero-order chi connectivity index (χ0) is 14.0. The first-order valence-corrected chi connectivity index (χ1v) is 6.07. The van der Waals surface area contributed by atoms with E-state index in [-0.39, 0.29) is 29.2 Å². The molecule has 19 heavy (non-hydrogen) atoms. The number of nitrogens with two attached hydrogens (primary N) is 1. The minimum Gasteiger partial charge on any atom is -0.494 e. The molecule has 2 atom stereocenters. The van der Waals surface area contributed by atoms with Crippen LogP contribution in [0.2, 0.25) is 0 Å². The van der Waals surface area contributed by atoms with E-state index in [0.29, 0.717) is 0 Å². The molecule has 0 spiro atoms. The largest absolute Gasteiger partial charge is 0.494 e. The molecule has 1 fully saturated rings. The number of methoxy groups -OCH3 is 1. The molecule has 104 valence electrons. The maximum atomic E-state index is 13.5. The maximum Gasteiger partial charge on any atom is 0.295 e. The summed E-state index contributed by atoms with van der Waals surface area (Å²) in [7, 11) is 1.31. The van der Waals surface area contributed by atoms with Gasteiger partial charge in [0, 0.05) is 18.2 Å². The Morgan fingerprint density at radius 2 is 2.26 bits per heavy atom. The fourth-order valence-corrected chi connectivity index (χ4v) is 2.33. The summed E-state index contributed by atoms with van der Waals surface area (Å²) in [6, 6.07) is 2.09. The van der Waals surface area contributed by atoms with Crippen molar-refractivity contribution in [3.63, 3.8) is 0 Å². The van der Waals surface area contributed by atoms with Gasteiger partial charge in [-0.05, 0) is 19.3 Å². The van der Waals surface area contributed by atoms with Crippen molar-refractivity contribution in [1.82, 2.24) is 0 Å². The first kappa shape index (κ1) is 13.5. The van der Waals surface area contributed by atoms with Crippen molar-refractivity contribution < 1.29 is 14.1 Å². The summed E-state index contributed by atoms with van der Waals surface area (Å²) in [6.07, 6.45) is 2.70. The number of hydrogen-bond acceptors (Lipinski definition) is 5.